The SMILES string of the molecule is Cc1cc(F)ccc1NC(=O)[C@H](C)Oc1ccc(F)cc1. The molecule has 0 fully saturated rings. The average Bonchev–Trinajstić information content (AvgIpc) is 2.44. The van der Waals surface area contributed by atoms with Crippen LogP contribution in [0, 0.1) is 18.6 Å². The summed E-state index contributed by atoms with van der Waals surface area (Å²) in [6.45, 7) is 3.28. The fraction of sp³-hybridized carbons (Fsp3) is 0.188. The van der Waals surface area contributed by atoms with Crippen LogP contribution >= 0.6 is 0 Å². The lowest BCUT2D eigenvalue weighted by molar-refractivity contribution is -0.122. The number of halogens is 2. The molecule has 0 saturated heterocycles. The number of carbonyl (C=O) groups excluding carboxylic acids is 1. The number of anilines is 1. The molecule has 0 unspecified atom stereocenters. The fourth-order valence-electron chi connectivity index (χ4n) is 1.77. The van der Waals surface area contributed by atoms with Crippen LogP contribution in [0.25, 0.3) is 0 Å². The van der Waals surface area contributed by atoms with Gasteiger partial charge in [-0.15, -0.1) is 0 Å². The smallest absolute Gasteiger partial charge is 0.265 e. The number of amides is 1. The molecule has 0 heterocycles. The Bertz CT molecular complexity index is 641. The number of hydrogen-bond donors (Lipinski definition) is 1. The van der Waals surface area contributed by atoms with Crippen LogP contribution in [0.1, 0.15) is 12.5 Å². The minimum atomic E-state index is -0.764. The largest absolute Gasteiger partial charge is 0.481 e. The van der Waals surface area contributed by atoms with Gasteiger partial charge in [0.15, 0.2) is 6.10 Å². The standard InChI is InChI=1S/C16H15F2NO2/c1-10-9-13(18)5-8-15(10)19-16(20)11(2)21-14-6-3-12(17)4-7-14/h3-9,11H,1-2H3,(H,19,20)/t11-/m0/s1. The van der Waals surface area contributed by atoms with Gasteiger partial charge in [-0.2, -0.15) is 0 Å². The van der Waals surface area contributed by atoms with Crippen LogP contribution in [0.4, 0.5) is 14.5 Å². The van der Waals surface area contributed by atoms with E-state index in [1.807, 2.05) is 0 Å². The predicted octanol–water partition coefficient (Wildman–Crippen LogP) is 3.68. The van der Waals surface area contributed by atoms with Crippen molar-refractivity contribution in [3.05, 3.63) is 59.7 Å². The van der Waals surface area contributed by atoms with Crippen LogP contribution in [0.2, 0.25) is 0 Å². The van der Waals surface area contributed by atoms with E-state index in [1.54, 1.807) is 13.8 Å². The summed E-state index contributed by atoms with van der Waals surface area (Å²) >= 11 is 0. The molecule has 21 heavy (non-hydrogen) atoms. The third kappa shape index (κ3) is 4.02. The summed E-state index contributed by atoms with van der Waals surface area (Å²) in [5.74, 6) is -0.702. The van der Waals surface area contributed by atoms with Gasteiger partial charge in [0.05, 0.1) is 0 Å². The van der Waals surface area contributed by atoms with Gasteiger partial charge in [0.1, 0.15) is 17.4 Å². The molecule has 0 bridgehead atoms. The van der Waals surface area contributed by atoms with Gasteiger partial charge in [0.2, 0.25) is 0 Å². The summed E-state index contributed by atoms with van der Waals surface area (Å²) in [5, 5.41) is 2.66. The second-order valence-electron chi connectivity index (χ2n) is 4.66. The lowest BCUT2D eigenvalue weighted by atomic mass is 10.2. The van der Waals surface area contributed by atoms with Crippen molar-refractivity contribution in [2.24, 2.45) is 0 Å². The van der Waals surface area contributed by atoms with E-state index in [0.29, 0.717) is 17.0 Å². The molecule has 110 valence electrons. The average molecular weight is 291 g/mol. The Kier molecular flexibility index (Phi) is 4.52. The van der Waals surface area contributed by atoms with E-state index >= 15 is 0 Å². The van der Waals surface area contributed by atoms with E-state index < -0.39 is 6.10 Å². The molecule has 2 aromatic rings. The van der Waals surface area contributed by atoms with Crippen LogP contribution in [-0.2, 0) is 4.79 Å². The van der Waals surface area contributed by atoms with Crippen molar-refractivity contribution in [1.82, 2.24) is 0 Å². The molecule has 2 rings (SSSR count). The van der Waals surface area contributed by atoms with E-state index in [0.717, 1.165) is 0 Å². The summed E-state index contributed by atoms with van der Waals surface area (Å²) in [7, 11) is 0. The third-order valence-electron chi connectivity index (χ3n) is 2.94. The molecule has 0 aromatic heterocycles. The molecule has 0 aliphatic heterocycles. The van der Waals surface area contributed by atoms with Crippen LogP contribution in [0.15, 0.2) is 42.5 Å². The number of carbonyl (C=O) groups is 1. The molecule has 2 aromatic carbocycles. The number of aryl methyl sites for hydroxylation is 1. The van der Waals surface area contributed by atoms with Crippen molar-refractivity contribution >= 4 is 11.6 Å². The molecular weight excluding hydrogens is 276 g/mol. The van der Waals surface area contributed by atoms with Gasteiger partial charge in [0.25, 0.3) is 5.91 Å². The van der Waals surface area contributed by atoms with Crippen LogP contribution in [-0.4, -0.2) is 12.0 Å². The van der Waals surface area contributed by atoms with Crippen molar-refractivity contribution in [3.63, 3.8) is 0 Å². The van der Waals surface area contributed by atoms with Crippen LogP contribution < -0.4 is 10.1 Å². The van der Waals surface area contributed by atoms with Crippen molar-refractivity contribution in [1.29, 1.82) is 0 Å². The van der Waals surface area contributed by atoms with Gasteiger partial charge < -0.3 is 10.1 Å². The Morgan fingerprint density at radius 1 is 1.10 bits per heavy atom. The fourth-order valence-corrected chi connectivity index (χ4v) is 1.77. The molecule has 1 N–H and O–H groups in total. The number of nitrogens with one attached hydrogen (secondary N) is 1. The monoisotopic (exact) mass is 291 g/mol. The number of rotatable bonds is 4. The highest BCUT2D eigenvalue weighted by Crippen LogP contribution is 2.17. The highest BCUT2D eigenvalue weighted by molar-refractivity contribution is 5.94. The third-order valence-corrected chi connectivity index (χ3v) is 2.94. The maximum absolute atomic E-state index is 13.0. The summed E-state index contributed by atoms with van der Waals surface area (Å²) in [4.78, 5) is 12.0. The van der Waals surface area contributed by atoms with E-state index in [2.05, 4.69) is 5.32 Å². The van der Waals surface area contributed by atoms with Crippen molar-refractivity contribution in [3.8, 4) is 5.75 Å². The second-order valence-corrected chi connectivity index (χ2v) is 4.66. The van der Waals surface area contributed by atoms with Crippen LogP contribution in [0.5, 0.6) is 5.75 Å². The van der Waals surface area contributed by atoms with Crippen molar-refractivity contribution < 1.29 is 18.3 Å². The van der Waals surface area contributed by atoms with E-state index in [4.69, 9.17) is 4.74 Å². The first-order chi connectivity index (χ1) is 9.95. The van der Waals surface area contributed by atoms with E-state index in [9.17, 15) is 13.6 Å². The Morgan fingerprint density at radius 3 is 2.33 bits per heavy atom. The molecule has 0 aliphatic rings. The van der Waals surface area contributed by atoms with E-state index in [1.165, 1.54) is 42.5 Å². The Balaban J connectivity index is 2.00. The summed E-state index contributed by atoms with van der Waals surface area (Å²) in [6.07, 6.45) is -0.764. The lowest BCUT2D eigenvalue weighted by Crippen LogP contribution is -2.30. The normalized spacial score (nSPS) is 11.8. The maximum Gasteiger partial charge on any atom is 0.265 e. The lowest BCUT2D eigenvalue weighted by Gasteiger charge is -2.15. The minimum Gasteiger partial charge on any atom is -0.481 e. The Labute approximate surface area is 121 Å². The van der Waals surface area contributed by atoms with Crippen LogP contribution in [0.3, 0.4) is 0 Å². The van der Waals surface area contributed by atoms with Gasteiger partial charge in [-0.05, 0) is 61.9 Å². The molecular formula is C16H15F2NO2. The molecule has 5 heteroatoms. The molecule has 0 spiro atoms. The first-order valence-electron chi connectivity index (χ1n) is 6.45. The molecule has 0 aliphatic carbocycles. The van der Waals surface area contributed by atoms with Gasteiger partial charge >= 0.3 is 0 Å². The predicted molar refractivity (Wildman–Crippen MR) is 76.3 cm³/mol. The maximum atomic E-state index is 13.0. The zero-order chi connectivity index (χ0) is 15.4. The highest BCUT2D eigenvalue weighted by atomic mass is 19.1. The molecule has 1 amide bonds. The summed E-state index contributed by atoms with van der Waals surface area (Å²) < 4.78 is 31.2. The molecule has 0 radical (unpaired) electrons. The summed E-state index contributed by atoms with van der Waals surface area (Å²) in [6, 6.07) is 9.50. The van der Waals surface area contributed by atoms with Crippen molar-refractivity contribution in [2.75, 3.05) is 5.32 Å². The number of benzene rings is 2. The number of ether oxygens (including phenoxy) is 1. The number of hydrogen-bond acceptors (Lipinski definition) is 2. The van der Waals surface area contributed by atoms with Gasteiger partial charge in [-0.1, -0.05) is 0 Å². The van der Waals surface area contributed by atoms with E-state index in [-0.39, 0.29) is 17.5 Å². The quantitative estimate of drug-likeness (QED) is 0.933. The zero-order valence-corrected chi connectivity index (χ0v) is 11.7. The zero-order valence-electron chi connectivity index (χ0n) is 11.7. The van der Waals surface area contributed by atoms with Gasteiger partial charge in [-0.3, -0.25) is 4.79 Å². The van der Waals surface area contributed by atoms with Gasteiger partial charge in [0, 0.05) is 5.69 Å². The molecule has 1 atom stereocenters. The highest BCUT2D eigenvalue weighted by Gasteiger charge is 2.15. The first-order valence-corrected chi connectivity index (χ1v) is 6.45. The Hall–Kier alpha value is -2.43. The first kappa shape index (κ1) is 15.0. The second kappa shape index (κ2) is 6.35. The Morgan fingerprint density at radius 2 is 1.71 bits per heavy atom. The minimum absolute atomic E-state index is 0.360. The van der Waals surface area contributed by atoms with Crippen molar-refractivity contribution in [2.45, 2.75) is 20.0 Å². The topological polar surface area (TPSA) is 38.3 Å². The van der Waals surface area contributed by atoms with Gasteiger partial charge in [-0.25, -0.2) is 8.78 Å². The molecule has 3 nitrogen and oxygen atoms in total. The molecule has 0 saturated carbocycles. The summed E-state index contributed by atoms with van der Waals surface area (Å²) in [5.41, 5.74) is 1.15.